The molecular formula is C23H24N6O2. The highest BCUT2D eigenvalue weighted by molar-refractivity contribution is 5.89. The van der Waals surface area contributed by atoms with Crippen LogP contribution in [0.1, 0.15) is 31.1 Å². The van der Waals surface area contributed by atoms with Gasteiger partial charge in [-0.15, -0.1) is 0 Å². The fourth-order valence-corrected chi connectivity index (χ4v) is 4.42. The minimum Gasteiger partial charge on any atom is -0.381 e. The molecule has 2 aliphatic rings. The molecule has 4 heterocycles. The van der Waals surface area contributed by atoms with Gasteiger partial charge in [-0.2, -0.15) is 0 Å². The Balaban J connectivity index is 1.40. The zero-order valence-electron chi connectivity index (χ0n) is 17.2. The monoisotopic (exact) mass is 416 g/mol. The lowest BCUT2D eigenvalue weighted by Crippen LogP contribution is -2.25. The topological polar surface area (TPSA) is 86.9 Å². The SMILES string of the molecule is O=c1n(Cc2nc(NCC3CCOC3)c3ccccc3n2)c2cnccc2n1C1CC1. The first-order valence-corrected chi connectivity index (χ1v) is 10.9. The molecule has 0 radical (unpaired) electrons. The first-order valence-electron chi connectivity index (χ1n) is 10.9. The maximum Gasteiger partial charge on any atom is 0.329 e. The standard InChI is InChI=1S/C23H24N6O2/c30-23-28(20-12-24-9-7-19(20)29(23)16-5-6-16)13-21-26-18-4-2-1-3-17(18)22(27-21)25-11-15-8-10-31-14-15/h1-4,7,9,12,15-16H,5-6,8,10-11,13-14H2,(H,25,26,27). The Morgan fingerprint density at radius 1 is 1.10 bits per heavy atom. The largest absolute Gasteiger partial charge is 0.381 e. The molecule has 158 valence electrons. The van der Waals surface area contributed by atoms with Crippen molar-refractivity contribution >= 4 is 27.8 Å². The van der Waals surface area contributed by atoms with Crippen molar-refractivity contribution < 1.29 is 4.74 Å². The fourth-order valence-electron chi connectivity index (χ4n) is 4.42. The molecule has 6 rings (SSSR count). The van der Waals surface area contributed by atoms with Crippen LogP contribution in [0.5, 0.6) is 0 Å². The van der Waals surface area contributed by atoms with Gasteiger partial charge in [-0.05, 0) is 37.5 Å². The number of para-hydroxylation sites is 1. The van der Waals surface area contributed by atoms with Crippen LogP contribution in [0.4, 0.5) is 5.82 Å². The van der Waals surface area contributed by atoms with E-state index in [1.807, 2.05) is 34.9 Å². The first kappa shape index (κ1) is 18.5. The van der Waals surface area contributed by atoms with Crippen molar-refractivity contribution in [2.75, 3.05) is 25.1 Å². The van der Waals surface area contributed by atoms with E-state index < -0.39 is 0 Å². The Morgan fingerprint density at radius 2 is 2.00 bits per heavy atom. The average Bonchev–Trinajstić information content (AvgIpc) is 3.41. The molecule has 1 unspecified atom stereocenters. The maximum atomic E-state index is 13.2. The fraction of sp³-hybridized carbons (Fsp3) is 0.391. The summed E-state index contributed by atoms with van der Waals surface area (Å²) in [7, 11) is 0. The molecule has 1 saturated carbocycles. The van der Waals surface area contributed by atoms with Crippen LogP contribution in [0, 0.1) is 5.92 Å². The van der Waals surface area contributed by atoms with Gasteiger partial charge in [0.15, 0.2) is 5.82 Å². The average molecular weight is 416 g/mol. The lowest BCUT2D eigenvalue weighted by atomic mass is 10.1. The van der Waals surface area contributed by atoms with Crippen LogP contribution in [0.2, 0.25) is 0 Å². The highest BCUT2D eigenvalue weighted by atomic mass is 16.5. The molecule has 1 aliphatic heterocycles. The summed E-state index contributed by atoms with van der Waals surface area (Å²) in [5.41, 5.74) is 2.62. The highest BCUT2D eigenvalue weighted by Crippen LogP contribution is 2.36. The van der Waals surface area contributed by atoms with Gasteiger partial charge in [0.25, 0.3) is 0 Å². The summed E-state index contributed by atoms with van der Waals surface area (Å²) in [6.45, 7) is 2.73. The number of hydrogen-bond donors (Lipinski definition) is 1. The van der Waals surface area contributed by atoms with Gasteiger partial charge in [0.05, 0.1) is 35.9 Å². The summed E-state index contributed by atoms with van der Waals surface area (Å²) in [6.07, 6.45) is 6.66. The second kappa shape index (κ2) is 7.46. The second-order valence-electron chi connectivity index (χ2n) is 8.45. The van der Waals surface area contributed by atoms with E-state index >= 15 is 0 Å². The lowest BCUT2D eigenvalue weighted by molar-refractivity contribution is 0.187. The Kier molecular flexibility index (Phi) is 4.45. The highest BCUT2D eigenvalue weighted by Gasteiger charge is 2.29. The van der Waals surface area contributed by atoms with Crippen LogP contribution in [-0.4, -0.2) is 43.8 Å². The number of fused-ring (bicyclic) bond motifs is 2. The van der Waals surface area contributed by atoms with Gasteiger partial charge in [-0.1, -0.05) is 12.1 Å². The molecule has 0 bridgehead atoms. The van der Waals surface area contributed by atoms with E-state index in [4.69, 9.17) is 14.7 Å². The van der Waals surface area contributed by atoms with E-state index in [9.17, 15) is 4.79 Å². The molecule has 0 amide bonds. The van der Waals surface area contributed by atoms with Crippen LogP contribution in [-0.2, 0) is 11.3 Å². The minimum atomic E-state index is -0.0140. The third-order valence-corrected chi connectivity index (χ3v) is 6.21. The molecular weight excluding hydrogens is 392 g/mol. The van der Waals surface area contributed by atoms with E-state index in [0.717, 1.165) is 66.8 Å². The Labute approximate surface area is 178 Å². The molecule has 1 aliphatic carbocycles. The summed E-state index contributed by atoms with van der Waals surface area (Å²) in [4.78, 5) is 27.1. The zero-order valence-corrected chi connectivity index (χ0v) is 17.2. The molecule has 1 atom stereocenters. The molecule has 1 saturated heterocycles. The number of imidazole rings is 1. The van der Waals surface area contributed by atoms with E-state index in [2.05, 4.69) is 10.3 Å². The number of hydrogen-bond acceptors (Lipinski definition) is 6. The van der Waals surface area contributed by atoms with Crippen molar-refractivity contribution in [2.24, 2.45) is 5.92 Å². The van der Waals surface area contributed by atoms with Gasteiger partial charge in [-0.25, -0.2) is 14.8 Å². The van der Waals surface area contributed by atoms with Crippen molar-refractivity contribution in [2.45, 2.75) is 31.8 Å². The molecule has 3 aromatic heterocycles. The summed E-state index contributed by atoms with van der Waals surface area (Å²) in [6, 6.07) is 10.2. The van der Waals surface area contributed by atoms with Crippen molar-refractivity contribution in [3.05, 3.63) is 59.0 Å². The number of nitrogens with zero attached hydrogens (tertiary/aromatic N) is 5. The molecule has 31 heavy (non-hydrogen) atoms. The van der Waals surface area contributed by atoms with Gasteiger partial charge in [0.2, 0.25) is 0 Å². The zero-order chi connectivity index (χ0) is 20.8. The third-order valence-electron chi connectivity index (χ3n) is 6.21. The first-order chi connectivity index (χ1) is 15.3. The third kappa shape index (κ3) is 3.37. The molecule has 1 aromatic carbocycles. The van der Waals surface area contributed by atoms with Crippen molar-refractivity contribution in [3.8, 4) is 0 Å². The maximum absolute atomic E-state index is 13.2. The molecule has 8 heteroatoms. The summed E-state index contributed by atoms with van der Waals surface area (Å²) < 4.78 is 9.15. The van der Waals surface area contributed by atoms with Crippen LogP contribution in [0.15, 0.2) is 47.5 Å². The normalized spacial score (nSPS) is 18.8. The number of benzene rings is 1. The Bertz CT molecular complexity index is 1320. The predicted molar refractivity (Wildman–Crippen MR) is 118 cm³/mol. The van der Waals surface area contributed by atoms with Crippen molar-refractivity contribution in [1.82, 2.24) is 24.1 Å². The number of aromatic nitrogens is 5. The van der Waals surface area contributed by atoms with Crippen molar-refractivity contribution in [1.29, 1.82) is 0 Å². The van der Waals surface area contributed by atoms with Gasteiger partial charge in [-0.3, -0.25) is 14.1 Å². The van der Waals surface area contributed by atoms with Gasteiger partial charge >= 0.3 is 5.69 Å². The predicted octanol–water partition coefficient (Wildman–Crippen LogP) is 2.97. The molecule has 0 spiro atoms. The smallest absolute Gasteiger partial charge is 0.329 e. The lowest BCUT2D eigenvalue weighted by Gasteiger charge is -2.13. The molecule has 1 N–H and O–H groups in total. The van der Waals surface area contributed by atoms with Gasteiger partial charge in [0.1, 0.15) is 5.82 Å². The molecule has 4 aromatic rings. The molecule has 2 fully saturated rings. The number of nitrogens with one attached hydrogen (secondary N) is 1. The van der Waals surface area contributed by atoms with E-state index in [0.29, 0.717) is 24.3 Å². The summed E-state index contributed by atoms with van der Waals surface area (Å²) >= 11 is 0. The number of pyridine rings is 1. The van der Waals surface area contributed by atoms with Crippen LogP contribution >= 0.6 is 0 Å². The minimum absolute atomic E-state index is 0.0140. The van der Waals surface area contributed by atoms with Gasteiger partial charge in [0, 0.05) is 36.7 Å². The van der Waals surface area contributed by atoms with Crippen LogP contribution in [0.25, 0.3) is 21.9 Å². The summed E-state index contributed by atoms with van der Waals surface area (Å²) in [5.74, 6) is 1.91. The van der Waals surface area contributed by atoms with E-state index in [1.165, 1.54) is 0 Å². The van der Waals surface area contributed by atoms with E-state index in [1.54, 1.807) is 17.0 Å². The van der Waals surface area contributed by atoms with Crippen molar-refractivity contribution in [3.63, 3.8) is 0 Å². The molecule has 8 nitrogen and oxygen atoms in total. The summed E-state index contributed by atoms with van der Waals surface area (Å²) in [5, 5.41) is 4.49. The quantitative estimate of drug-likeness (QED) is 0.520. The number of rotatable bonds is 6. The number of ether oxygens (including phenoxy) is 1. The second-order valence-corrected chi connectivity index (χ2v) is 8.45. The van der Waals surface area contributed by atoms with Crippen LogP contribution in [0.3, 0.4) is 0 Å². The van der Waals surface area contributed by atoms with Crippen LogP contribution < -0.4 is 11.0 Å². The number of anilines is 1. The van der Waals surface area contributed by atoms with E-state index in [-0.39, 0.29) is 5.69 Å². The Hall–Kier alpha value is -3.26. The Morgan fingerprint density at radius 3 is 2.84 bits per heavy atom. The van der Waals surface area contributed by atoms with Gasteiger partial charge < -0.3 is 10.1 Å².